The minimum absolute atomic E-state index is 0.00674. The molecular formula is C28H28N4O3S. The summed E-state index contributed by atoms with van der Waals surface area (Å²) in [4.78, 5) is 13.1. The second kappa shape index (κ2) is 8.95. The van der Waals surface area contributed by atoms with E-state index < -0.39 is 9.84 Å². The van der Waals surface area contributed by atoms with Crippen LogP contribution in [-0.4, -0.2) is 33.6 Å². The van der Waals surface area contributed by atoms with Gasteiger partial charge in [-0.1, -0.05) is 29.8 Å². The predicted octanol–water partition coefficient (Wildman–Crippen LogP) is 5.07. The largest absolute Gasteiger partial charge is 0.329 e. The Morgan fingerprint density at radius 3 is 2.17 bits per heavy atom. The van der Waals surface area contributed by atoms with E-state index in [0.717, 1.165) is 44.7 Å². The molecule has 0 amide bonds. The van der Waals surface area contributed by atoms with Crippen molar-refractivity contribution in [3.63, 3.8) is 0 Å². The normalized spacial score (nSPS) is 11.9. The van der Waals surface area contributed by atoms with Crippen LogP contribution in [0, 0.1) is 6.92 Å². The summed E-state index contributed by atoms with van der Waals surface area (Å²) in [5.41, 5.74) is 7.44. The lowest BCUT2D eigenvalue weighted by molar-refractivity contribution is 0.602. The number of hydrogen-bond acceptors (Lipinski definition) is 4. The van der Waals surface area contributed by atoms with Crippen LogP contribution in [0.1, 0.15) is 19.4 Å². The van der Waals surface area contributed by atoms with Crippen molar-refractivity contribution in [2.24, 2.45) is 0 Å². The Morgan fingerprint density at radius 2 is 1.53 bits per heavy atom. The van der Waals surface area contributed by atoms with E-state index >= 15 is 0 Å². The van der Waals surface area contributed by atoms with Crippen LogP contribution in [0.5, 0.6) is 0 Å². The Kier molecular flexibility index (Phi) is 5.92. The molecule has 184 valence electrons. The number of imidazole rings is 1. The van der Waals surface area contributed by atoms with Gasteiger partial charge < -0.3 is 0 Å². The average Bonchev–Trinajstić information content (AvgIpc) is 3.41. The summed E-state index contributed by atoms with van der Waals surface area (Å²) in [6, 6.07) is 21.0. The lowest BCUT2D eigenvalue weighted by Crippen LogP contribution is -2.22. The highest BCUT2D eigenvalue weighted by molar-refractivity contribution is 7.90. The zero-order valence-electron chi connectivity index (χ0n) is 20.8. The molecule has 0 bridgehead atoms. The number of nitrogens with zero attached hydrogens (tertiary/aromatic N) is 4. The van der Waals surface area contributed by atoms with E-state index in [2.05, 4.69) is 12.1 Å². The molecule has 36 heavy (non-hydrogen) atoms. The third-order valence-electron chi connectivity index (χ3n) is 6.53. The number of aryl methyl sites for hydroxylation is 3. The summed E-state index contributed by atoms with van der Waals surface area (Å²) in [6.45, 7) is 7.19. The van der Waals surface area contributed by atoms with Gasteiger partial charge in [0.25, 0.3) is 0 Å². The fraction of sp³-hybridized carbons (Fsp3) is 0.214. The van der Waals surface area contributed by atoms with E-state index in [1.54, 1.807) is 33.4 Å². The van der Waals surface area contributed by atoms with Gasteiger partial charge in [0.2, 0.25) is 0 Å². The quantitative estimate of drug-likeness (QED) is 0.326. The zero-order chi connectivity index (χ0) is 25.6. The molecule has 8 heteroatoms. The molecule has 2 heterocycles. The molecule has 0 atom stereocenters. The molecule has 0 radical (unpaired) electrons. The molecule has 0 spiro atoms. The van der Waals surface area contributed by atoms with E-state index in [1.807, 2.05) is 62.0 Å². The van der Waals surface area contributed by atoms with Crippen LogP contribution in [0.3, 0.4) is 0 Å². The van der Waals surface area contributed by atoms with Crippen LogP contribution in [0.2, 0.25) is 0 Å². The number of fused-ring (bicyclic) bond motifs is 1. The molecule has 0 saturated carbocycles. The zero-order valence-corrected chi connectivity index (χ0v) is 21.6. The molecule has 0 aliphatic heterocycles. The summed E-state index contributed by atoms with van der Waals surface area (Å²) < 4.78 is 29.3. The Bertz CT molecular complexity index is 1760. The average molecular weight is 501 g/mol. The molecule has 0 aliphatic rings. The van der Waals surface area contributed by atoms with Crippen LogP contribution in [0.25, 0.3) is 39.1 Å². The van der Waals surface area contributed by atoms with Crippen LogP contribution in [-0.2, 0) is 22.9 Å². The number of aromatic nitrogens is 4. The van der Waals surface area contributed by atoms with Gasteiger partial charge in [0, 0.05) is 30.5 Å². The number of hydrogen-bond donors (Lipinski definition) is 0. The molecule has 2 aromatic heterocycles. The molecule has 0 saturated heterocycles. The summed E-state index contributed by atoms with van der Waals surface area (Å²) in [7, 11) is -3.30. The standard InChI is InChI=1S/C28H28N4O3S/c1-5-30-25-15-10-20(17-26(25)31(6-2)28(30)33)24-18-29-32(27(24)21-9-7-8-19(3)16-21)22-11-13-23(14-12-22)36(4,34)35/h7-18H,5-6H2,1-4H3. The molecule has 3 aromatic carbocycles. The van der Waals surface area contributed by atoms with Crippen LogP contribution in [0.15, 0.2) is 82.6 Å². The molecule has 0 unspecified atom stereocenters. The Morgan fingerprint density at radius 1 is 0.833 bits per heavy atom. The molecular weight excluding hydrogens is 472 g/mol. The summed E-state index contributed by atoms with van der Waals surface area (Å²) in [5.74, 6) is 0. The molecule has 0 fully saturated rings. The highest BCUT2D eigenvalue weighted by Crippen LogP contribution is 2.35. The van der Waals surface area contributed by atoms with Gasteiger partial charge in [-0.15, -0.1) is 0 Å². The van der Waals surface area contributed by atoms with Crippen molar-refractivity contribution < 1.29 is 8.42 Å². The van der Waals surface area contributed by atoms with Gasteiger partial charge >= 0.3 is 5.69 Å². The Balaban J connectivity index is 1.75. The van der Waals surface area contributed by atoms with Gasteiger partial charge in [-0.25, -0.2) is 17.9 Å². The highest BCUT2D eigenvalue weighted by atomic mass is 32.2. The minimum atomic E-state index is -3.30. The van der Waals surface area contributed by atoms with E-state index in [4.69, 9.17) is 5.10 Å². The van der Waals surface area contributed by atoms with E-state index in [1.165, 1.54) is 6.26 Å². The third kappa shape index (κ3) is 3.97. The van der Waals surface area contributed by atoms with Crippen LogP contribution < -0.4 is 5.69 Å². The maximum Gasteiger partial charge on any atom is 0.329 e. The molecule has 0 aliphatic carbocycles. The predicted molar refractivity (Wildman–Crippen MR) is 143 cm³/mol. The topological polar surface area (TPSA) is 78.9 Å². The first-order valence-electron chi connectivity index (χ1n) is 11.9. The highest BCUT2D eigenvalue weighted by Gasteiger charge is 2.19. The van der Waals surface area contributed by atoms with Gasteiger partial charge in [-0.2, -0.15) is 5.10 Å². The maximum atomic E-state index is 12.9. The number of rotatable bonds is 6. The van der Waals surface area contributed by atoms with Crippen molar-refractivity contribution in [1.29, 1.82) is 0 Å². The van der Waals surface area contributed by atoms with Crippen molar-refractivity contribution in [3.8, 4) is 28.1 Å². The van der Waals surface area contributed by atoms with Crippen molar-refractivity contribution >= 4 is 20.9 Å². The fourth-order valence-corrected chi connectivity index (χ4v) is 5.39. The SMILES string of the molecule is CCn1c(=O)n(CC)c2cc(-c3cnn(-c4ccc(S(C)(=O)=O)cc4)c3-c3cccc(C)c3)ccc21. The van der Waals surface area contributed by atoms with Crippen molar-refractivity contribution in [3.05, 3.63) is 89.0 Å². The van der Waals surface area contributed by atoms with E-state index in [0.29, 0.717) is 13.1 Å². The van der Waals surface area contributed by atoms with Gasteiger partial charge in [0.05, 0.1) is 33.5 Å². The monoisotopic (exact) mass is 500 g/mol. The van der Waals surface area contributed by atoms with Crippen molar-refractivity contribution in [2.75, 3.05) is 6.26 Å². The smallest absolute Gasteiger partial charge is 0.292 e. The maximum absolute atomic E-state index is 12.9. The van der Waals surface area contributed by atoms with Crippen molar-refractivity contribution in [1.82, 2.24) is 18.9 Å². The van der Waals surface area contributed by atoms with E-state index in [9.17, 15) is 13.2 Å². The van der Waals surface area contributed by atoms with Gasteiger partial charge in [0.15, 0.2) is 9.84 Å². The fourth-order valence-electron chi connectivity index (χ4n) is 4.76. The first kappa shape index (κ1) is 23.8. The number of benzene rings is 3. The number of sulfone groups is 1. The van der Waals surface area contributed by atoms with Gasteiger partial charge in [0.1, 0.15) is 0 Å². The second-order valence-electron chi connectivity index (χ2n) is 8.93. The van der Waals surface area contributed by atoms with E-state index in [-0.39, 0.29) is 10.6 Å². The van der Waals surface area contributed by atoms with Gasteiger partial charge in [-0.3, -0.25) is 9.13 Å². The molecule has 5 rings (SSSR count). The molecule has 0 N–H and O–H groups in total. The Labute approximate surface area is 210 Å². The Hall–Kier alpha value is -3.91. The van der Waals surface area contributed by atoms with Crippen LogP contribution >= 0.6 is 0 Å². The lowest BCUT2D eigenvalue weighted by Gasteiger charge is -2.12. The van der Waals surface area contributed by atoms with Gasteiger partial charge in [-0.05, 0) is 68.8 Å². The first-order chi connectivity index (χ1) is 17.2. The third-order valence-corrected chi connectivity index (χ3v) is 7.66. The first-order valence-corrected chi connectivity index (χ1v) is 13.8. The summed E-state index contributed by atoms with van der Waals surface area (Å²) in [5, 5.41) is 4.72. The van der Waals surface area contributed by atoms with Crippen molar-refractivity contribution in [2.45, 2.75) is 38.8 Å². The van der Waals surface area contributed by atoms with Crippen LogP contribution in [0.4, 0.5) is 0 Å². The minimum Gasteiger partial charge on any atom is -0.292 e. The second-order valence-corrected chi connectivity index (χ2v) is 10.9. The summed E-state index contributed by atoms with van der Waals surface area (Å²) >= 11 is 0. The molecule has 5 aromatic rings. The lowest BCUT2D eigenvalue weighted by atomic mass is 9.99. The molecule has 7 nitrogen and oxygen atoms in total. The summed E-state index contributed by atoms with van der Waals surface area (Å²) in [6.07, 6.45) is 3.03.